The predicted molar refractivity (Wildman–Crippen MR) is 104 cm³/mol. The number of hydrogen-bond donors (Lipinski definition) is 3. The Balaban J connectivity index is 1.50. The van der Waals surface area contributed by atoms with Crippen molar-refractivity contribution < 1.29 is 24.9 Å². The third-order valence-corrected chi connectivity index (χ3v) is 8.28. The number of aliphatic hydroxyl groups is 3. The lowest BCUT2D eigenvalue weighted by Gasteiger charge is -2.74. The molecule has 3 saturated carbocycles. The number of allylic oxidation sites excluding steroid dienone is 1. The molecule has 0 radical (unpaired) electrons. The topological polar surface area (TPSA) is 94.8 Å². The van der Waals surface area contributed by atoms with Crippen molar-refractivity contribution in [2.45, 2.75) is 52.2 Å². The third kappa shape index (κ3) is 2.13. The van der Waals surface area contributed by atoms with Gasteiger partial charge in [-0.05, 0) is 36.8 Å². The van der Waals surface area contributed by atoms with Gasteiger partial charge in [-0.25, -0.2) is 0 Å². The van der Waals surface area contributed by atoms with Crippen LogP contribution in [-0.4, -0.2) is 45.7 Å². The zero-order valence-electron chi connectivity index (χ0n) is 16.6. The lowest BCUT2D eigenvalue weighted by molar-refractivity contribution is -0.209. The van der Waals surface area contributed by atoms with Gasteiger partial charge in [0.15, 0.2) is 5.78 Å². The quantitative estimate of drug-likeness (QED) is 0.697. The lowest BCUT2D eigenvalue weighted by Crippen LogP contribution is -2.77. The molecule has 4 rings (SSSR count). The van der Waals surface area contributed by atoms with Gasteiger partial charge in [0, 0.05) is 17.3 Å². The Morgan fingerprint density at radius 1 is 1.18 bits per heavy atom. The van der Waals surface area contributed by atoms with Gasteiger partial charge in [0.1, 0.15) is 18.0 Å². The van der Waals surface area contributed by atoms with Crippen molar-refractivity contribution >= 4 is 17.6 Å². The van der Waals surface area contributed by atoms with E-state index in [0.717, 1.165) is 24.0 Å². The second-order valence-corrected chi connectivity index (χ2v) is 9.24. The van der Waals surface area contributed by atoms with E-state index in [1.165, 1.54) is 5.57 Å². The third-order valence-electron chi connectivity index (χ3n) is 8.28. The molecule has 3 fully saturated rings. The summed E-state index contributed by atoms with van der Waals surface area (Å²) >= 11 is 0. The largest absolute Gasteiger partial charge is 0.393 e. The van der Waals surface area contributed by atoms with Crippen LogP contribution in [0.3, 0.4) is 0 Å². The molecule has 3 N–H and O–H groups in total. The molecule has 3 aliphatic rings. The minimum atomic E-state index is -1.55. The highest BCUT2D eigenvalue weighted by atomic mass is 16.3. The van der Waals surface area contributed by atoms with E-state index in [4.69, 9.17) is 5.11 Å². The van der Waals surface area contributed by atoms with E-state index in [1.807, 2.05) is 24.3 Å². The average molecular weight is 384 g/mol. The molecule has 0 aliphatic heterocycles. The van der Waals surface area contributed by atoms with Gasteiger partial charge < -0.3 is 15.3 Å². The normalized spacial score (nSPS) is 39.1. The maximum atomic E-state index is 12.9. The van der Waals surface area contributed by atoms with Crippen molar-refractivity contribution in [2.24, 2.45) is 22.2 Å². The zero-order valence-corrected chi connectivity index (χ0v) is 16.6. The van der Waals surface area contributed by atoms with Gasteiger partial charge in [0.25, 0.3) is 0 Å². The van der Waals surface area contributed by atoms with E-state index in [1.54, 1.807) is 0 Å². The van der Waals surface area contributed by atoms with E-state index in [-0.39, 0.29) is 22.7 Å². The van der Waals surface area contributed by atoms with Crippen molar-refractivity contribution in [3.05, 3.63) is 41.0 Å². The fraction of sp³-hybridized carbons (Fsp3) is 0.565. The molecular formula is C23H28O5. The molecule has 0 amide bonds. The molecule has 0 aromatic heterocycles. The van der Waals surface area contributed by atoms with E-state index in [9.17, 15) is 19.8 Å². The Labute approximate surface area is 165 Å². The first-order chi connectivity index (χ1) is 13.1. The van der Waals surface area contributed by atoms with Gasteiger partial charge in [0.05, 0.1) is 12.0 Å². The van der Waals surface area contributed by atoms with Gasteiger partial charge in [-0.3, -0.25) is 9.59 Å². The molecule has 1 aromatic rings. The molecule has 0 heterocycles. The highest BCUT2D eigenvalue weighted by Gasteiger charge is 2.86. The predicted octanol–water partition coefficient (Wildman–Crippen LogP) is 1.92. The van der Waals surface area contributed by atoms with Crippen LogP contribution in [0.25, 0.3) is 6.08 Å². The highest BCUT2D eigenvalue weighted by molar-refractivity contribution is 6.06. The Bertz CT molecular complexity index is 871. The smallest absolute Gasteiger partial charge is 0.192 e. The standard InChI is InChI=1S/C23H28O5/c1-21-9-8-15-16(22(2,20(21)28)23(15,21)3)10-13-4-6-14(7-5-13)11-17(25)19(27)18(26)12-24/h4-7,10,15,17-18,24-26H,8-9,11-12H2,1-3H3/b16-10+. The average Bonchev–Trinajstić information content (AvgIpc) is 2.87. The summed E-state index contributed by atoms with van der Waals surface area (Å²) in [5.74, 6) is 0.0747. The molecule has 0 bridgehead atoms. The van der Waals surface area contributed by atoms with Crippen molar-refractivity contribution in [1.29, 1.82) is 0 Å². The molecule has 0 spiro atoms. The van der Waals surface area contributed by atoms with Crippen LogP contribution in [0.1, 0.15) is 44.7 Å². The molecule has 3 aliphatic carbocycles. The first kappa shape index (κ1) is 19.5. The Morgan fingerprint density at radius 2 is 1.82 bits per heavy atom. The van der Waals surface area contributed by atoms with E-state index < -0.39 is 24.6 Å². The van der Waals surface area contributed by atoms with Crippen molar-refractivity contribution in [1.82, 2.24) is 0 Å². The van der Waals surface area contributed by atoms with Crippen LogP contribution >= 0.6 is 0 Å². The maximum Gasteiger partial charge on any atom is 0.192 e. The van der Waals surface area contributed by atoms with Gasteiger partial charge in [-0.15, -0.1) is 0 Å². The lowest BCUT2D eigenvalue weighted by atomic mass is 9.26. The summed E-state index contributed by atoms with van der Waals surface area (Å²) in [7, 11) is 0. The summed E-state index contributed by atoms with van der Waals surface area (Å²) in [6.07, 6.45) is 1.37. The second kappa shape index (κ2) is 6.09. The van der Waals surface area contributed by atoms with Crippen LogP contribution in [0.15, 0.2) is 29.8 Å². The number of Topliss-reactive ketones (excluding diaryl/α,β-unsaturated/α-hetero) is 2. The van der Waals surface area contributed by atoms with Gasteiger partial charge in [-0.1, -0.05) is 49.8 Å². The summed E-state index contributed by atoms with van der Waals surface area (Å²) in [5.41, 5.74) is 2.60. The molecule has 0 saturated heterocycles. The Hall–Kier alpha value is -1.82. The summed E-state index contributed by atoms with van der Waals surface area (Å²) in [4.78, 5) is 24.6. The van der Waals surface area contributed by atoms with Crippen LogP contribution in [0.4, 0.5) is 0 Å². The van der Waals surface area contributed by atoms with E-state index in [0.29, 0.717) is 11.7 Å². The molecule has 5 heteroatoms. The highest BCUT2D eigenvalue weighted by Crippen LogP contribution is 2.86. The van der Waals surface area contributed by atoms with Gasteiger partial charge in [-0.2, -0.15) is 0 Å². The molecule has 150 valence electrons. The number of hydrogen-bond acceptors (Lipinski definition) is 5. The van der Waals surface area contributed by atoms with E-state index in [2.05, 4.69) is 26.8 Å². The monoisotopic (exact) mass is 384 g/mol. The van der Waals surface area contributed by atoms with Crippen LogP contribution in [0.2, 0.25) is 0 Å². The second-order valence-electron chi connectivity index (χ2n) is 9.24. The summed E-state index contributed by atoms with van der Waals surface area (Å²) in [5, 5.41) is 28.1. The molecule has 1 aromatic carbocycles. The number of ketones is 2. The SMILES string of the molecule is CC12CCC3/C(=C\c4ccc(CC(O)C(=O)C(O)CO)cc4)C(C)(C1=O)C32C. The first-order valence-corrected chi connectivity index (χ1v) is 9.98. The van der Waals surface area contributed by atoms with Gasteiger partial charge >= 0.3 is 0 Å². The van der Waals surface area contributed by atoms with Gasteiger partial charge in [0.2, 0.25) is 0 Å². The number of carbonyl (C=O) groups excluding carboxylic acids is 2. The van der Waals surface area contributed by atoms with Crippen LogP contribution < -0.4 is 0 Å². The first-order valence-electron chi connectivity index (χ1n) is 9.98. The molecular weight excluding hydrogens is 356 g/mol. The minimum Gasteiger partial charge on any atom is -0.393 e. The molecule has 6 unspecified atom stereocenters. The number of carbonyl (C=O) groups is 2. The summed E-state index contributed by atoms with van der Waals surface area (Å²) in [6, 6.07) is 7.54. The minimum absolute atomic E-state index is 0.0842. The van der Waals surface area contributed by atoms with Crippen molar-refractivity contribution in [3.8, 4) is 0 Å². The summed E-state index contributed by atoms with van der Waals surface area (Å²) < 4.78 is 0. The van der Waals surface area contributed by atoms with E-state index >= 15 is 0 Å². The molecule has 28 heavy (non-hydrogen) atoms. The molecule has 5 nitrogen and oxygen atoms in total. The van der Waals surface area contributed by atoms with Crippen molar-refractivity contribution in [3.63, 3.8) is 0 Å². The zero-order chi connectivity index (χ0) is 20.5. The van der Waals surface area contributed by atoms with Crippen LogP contribution in [-0.2, 0) is 16.0 Å². The number of aliphatic hydroxyl groups excluding tert-OH is 3. The Morgan fingerprint density at radius 3 is 2.43 bits per heavy atom. The van der Waals surface area contributed by atoms with Crippen molar-refractivity contribution in [2.75, 3.05) is 6.61 Å². The fourth-order valence-electron chi connectivity index (χ4n) is 6.32. The molecule has 6 atom stereocenters. The fourth-order valence-corrected chi connectivity index (χ4v) is 6.32. The summed E-state index contributed by atoms with van der Waals surface area (Å²) in [6.45, 7) is 5.79. The number of rotatable bonds is 6. The van der Waals surface area contributed by atoms with Crippen LogP contribution in [0, 0.1) is 22.2 Å². The Kier molecular flexibility index (Phi) is 4.24. The maximum absolute atomic E-state index is 12.9. The number of benzene rings is 1. The van der Waals surface area contributed by atoms with Crippen LogP contribution in [0.5, 0.6) is 0 Å².